The van der Waals surface area contributed by atoms with Gasteiger partial charge in [0.25, 0.3) is 0 Å². The first-order valence-corrected chi connectivity index (χ1v) is 9.09. The Labute approximate surface area is 152 Å². The first kappa shape index (κ1) is 17.1. The van der Waals surface area contributed by atoms with Gasteiger partial charge in [0.05, 0.1) is 32.3 Å². The molecule has 0 aromatic heterocycles. The van der Waals surface area contributed by atoms with Crippen molar-refractivity contribution in [2.24, 2.45) is 11.8 Å². The largest absolute Gasteiger partial charge is 0.497 e. The monoisotopic (exact) mass is 357 g/mol. The van der Waals surface area contributed by atoms with Gasteiger partial charge in [0.2, 0.25) is 5.91 Å². The van der Waals surface area contributed by atoms with Crippen LogP contribution in [-0.2, 0) is 19.1 Å². The molecule has 1 aromatic rings. The highest BCUT2D eigenvalue weighted by Gasteiger charge is 2.67. The standard InChI is InChI=1S/C20H23NO5/c1-3-4-11-25-19(23)16-15-9-10-20(26-15)12-21(18(22)17(16)20)13-5-7-14(24-2)8-6-13/h5-10,15-17H,3-4,11-12H2,1-2H3/t15-,16-,17+,20+/m1/s1. The number of benzene rings is 1. The second kappa shape index (κ2) is 6.43. The van der Waals surface area contributed by atoms with Crippen molar-refractivity contribution in [3.05, 3.63) is 36.4 Å². The van der Waals surface area contributed by atoms with E-state index in [9.17, 15) is 9.59 Å². The molecule has 2 bridgehead atoms. The molecule has 2 saturated heterocycles. The first-order valence-electron chi connectivity index (χ1n) is 9.09. The maximum absolute atomic E-state index is 13.1. The highest BCUT2D eigenvalue weighted by Crippen LogP contribution is 2.52. The molecule has 3 heterocycles. The fourth-order valence-electron chi connectivity index (χ4n) is 4.16. The van der Waals surface area contributed by atoms with Crippen molar-refractivity contribution in [3.63, 3.8) is 0 Å². The number of amides is 1. The predicted molar refractivity (Wildman–Crippen MR) is 94.9 cm³/mol. The van der Waals surface area contributed by atoms with Crippen LogP contribution in [0.4, 0.5) is 5.69 Å². The van der Waals surface area contributed by atoms with E-state index in [1.54, 1.807) is 12.0 Å². The predicted octanol–water partition coefficient (Wildman–Crippen LogP) is 2.32. The molecule has 6 heteroatoms. The maximum atomic E-state index is 13.1. The SMILES string of the molecule is CCCCOC(=O)[C@H]1[C@H]2C(=O)N(c3ccc(OC)cc3)C[C@@]23C=C[C@H]1O3. The highest BCUT2D eigenvalue weighted by atomic mass is 16.6. The Bertz CT molecular complexity index is 743. The number of methoxy groups -OCH3 is 1. The molecule has 0 aliphatic carbocycles. The quantitative estimate of drug-likeness (QED) is 0.444. The van der Waals surface area contributed by atoms with Gasteiger partial charge in [-0.3, -0.25) is 9.59 Å². The fourth-order valence-corrected chi connectivity index (χ4v) is 4.16. The summed E-state index contributed by atoms with van der Waals surface area (Å²) in [5.74, 6) is -0.765. The van der Waals surface area contributed by atoms with Gasteiger partial charge in [0.15, 0.2) is 0 Å². The van der Waals surface area contributed by atoms with Crippen LogP contribution in [0.2, 0.25) is 0 Å². The number of esters is 1. The molecule has 1 amide bonds. The molecule has 0 N–H and O–H groups in total. The third kappa shape index (κ3) is 2.51. The number of anilines is 1. The van der Waals surface area contributed by atoms with Crippen LogP contribution in [0.5, 0.6) is 5.75 Å². The number of hydrogen-bond acceptors (Lipinski definition) is 5. The van der Waals surface area contributed by atoms with Crippen LogP contribution in [0.1, 0.15) is 19.8 Å². The smallest absolute Gasteiger partial charge is 0.312 e. The van der Waals surface area contributed by atoms with E-state index in [4.69, 9.17) is 14.2 Å². The Morgan fingerprint density at radius 3 is 2.81 bits per heavy atom. The van der Waals surface area contributed by atoms with E-state index in [0.29, 0.717) is 13.2 Å². The number of rotatable bonds is 6. The van der Waals surface area contributed by atoms with Gasteiger partial charge in [-0.2, -0.15) is 0 Å². The van der Waals surface area contributed by atoms with E-state index >= 15 is 0 Å². The van der Waals surface area contributed by atoms with Gasteiger partial charge < -0.3 is 19.1 Å². The van der Waals surface area contributed by atoms with E-state index in [1.807, 2.05) is 43.3 Å². The molecule has 3 aliphatic rings. The van der Waals surface area contributed by atoms with Crippen molar-refractivity contribution in [2.45, 2.75) is 31.5 Å². The number of carbonyl (C=O) groups is 2. The summed E-state index contributed by atoms with van der Waals surface area (Å²) >= 11 is 0. The van der Waals surface area contributed by atoms with Crippen LogP contribution in [0.25, 0.3) is 0 Å². The molecule has 138 valence electrons. The van der Waals surface area contributed by atoms with Crippen LogP contribution in [0.3, 0.4) is 0 Å². The van der Waals surface area contributed by atoms with Crippen molar-refractivity contribution in [1.82, 2.24) is 0 Å². The van der Waals surface area contributed by atoms with E-state index in [-0.39, 0.29) is 18.0 Å². The van der Waals surface area contributed by atoms with Crippen molar-refractivity contribution in [1.29, 1.82) is 0 Å². The molecule has 4 atom stereocenters. The fraction of sp³-hybridized carbons (Fsp3) is 0.500. The lowest BCUT2D eigenvalue weighted by atomic mass is 9.77. The summed E-state index contributed by atoms with van der Waals surface area (Å²) in [6, 6.07) is 7.33. The van der Waals surface area contributed by atoms with Crippen LogP contribution in [0.15, 0.2) is 36.4 Å². The molecule has 26 heavy (non-hydrogen) atoms. The average molecular weight is 357 g/mol. The van der Waals surface area contributed by atoms with Gasteiger partial charge in [-0.15, -0.1) is 0 Å². The van der Waals surface area contributed by atoms with Crippen molar-refractivity contribution in [2.75, 3.05) is 25.2 Å². The number of fused-ring (bicyclic) bond motifs is 1. The van der Waals surface area contributed by atoms with Crippen molar-refractivity contribution >= 4 is 17.6 Å². The molecule has 1 spiro atoms. The normalized spacial score (nSPS) is 31.4. The van der Waals surface area contributed by atoms with E-state index in [0.717, 1.165) is 24.3 Å². The minimum Gasteiger partial charge on any atom is -0.497 e. The number of carbonyl (C=O) groups excluding carboxylic acids is 2. The number of unbranched alkanes of at least 4 members (excludes halogenated alkanes) is 1. The highest BCUT2D eigenvalue weighted by molar-refractivity contribution is 6.02. The second-order valence-corrected chi connectivity index (χ2v) is 7.04. The average Bonchev–Trinajstić information content (AvgIpc) is 3.30. The van der Waals surface area contributed by atoms with Gasteiger partial charge in [-0.25, -0.2) is 0 Å². The van der Waals surface area contributed by atoms with Crippen LogP contribution in [0, 0.1) is 11.8 Å². The molecule has 3 aliphatic heterocycles. The molecular weight excluding hydrogens is 334 g/mol. The van der Waals surface area contributed by atoms with Crippen molar-refractivity contribution < 1.29 is 23.8 Å². The van der Waals surface area contributed by atoms with E-state index in [1.165, 1.54) is 0 Å². The van der Waals surface area contributed by atoms with Gasteiger partial charge >= 0.3 is 5.97 Å². The third-order valence-electron chi connectivity index (χ3n) is 5.50. The van der Waals surface area contributed by atoms with Gasteiger partial charge in [-0.1, -0.05) is 25.5 Å². The number of nitrogens with zero attached hydrogens (tertiary/aromatic N) is 1. The molecule has 0 unspecified atom stereocenters. The number of hydrogen-bond donors (Lipinski definition) is 0. The minimum atomic E-state index is -0.726. The molecule has 0 saturated carbocycles. The van der Waals surface area contributed by atoms with Crippen LogP contribution < -0.4 is 9.64 Å². The molecule has 2 fully saturated rings. The van der Waals surface area contributed by atoms with Gasteiger partial charge in [0.1, 0.15) is 17.3 Å². The summed E-state index contributed by atoms with van der Waals surface area (Å²) in [4.78, 5) is 27.4. The Morgan fingerprint density at radius 2 is 2.12 bits per heavy atom. The van der Waals surface area contributed by atoms with Gasteiger partial charge in [0, 0.05) is 5.69 Å². The zero-order valence-corrected chi connectivity index (χ0v) is 15.0. The lowest BCUT2D eigenvalue weighted by Gasteiger charge is -2.22. The lowest BCUT2D eigenvalue weighted by Crippen LogP contribution is -2.40. The Morgan fingerprint density at radius 1 is 1.35 bits per heavy atom. The lowest BCUT2D eigenvalue weighted by molar-refractivity contribution is -0.152. The minimum absolute atomic E-state index is 0.0838. The summed E-state index contributed by atoms with van der Waals surface area (Å²) in [6.45, 7) is 2.84. The molecule has 6 nitrogen and oxygen atoms in total. The zero-order chi connectivity index (χ0) is 18.3. The second-order valence-electron chi connectivity index (χ2n) is 7.04. The number of ether oxygens (including phenoxy) is 3. The van der Waals surface area contributed by atoms with E-state index < -0.39 is 17.4 Å². The molecular formula is C20H23NO5. The third-order valence-corrected chi connectivity index (χ3v) is 5.50. The molecule has 1 aromatic carbocycles. The zero-order valence-electron chi connectivity index (χ0n) is 15.0. The Balaban J connectivity index is 1.57. The van der Waals surface area contributed by atoms with Crippen molar-refractivity contribution in [3.8, 4) is 5.75 Å². The Hall–Kier alpha value is -2.34. The topological polar surface area (TPSA) is 65.1 Å². The summed E-state index contributed by atoms with van der Waals surface area (Å²) in [5.41, 5.74) is 0.0500. The van der Waals surface area contributed by atoms with Crippen LogP contribution >= 0.6 is 0 Å². The maximum Gasteiger partial charge on any atom is 0.312 e. The first-order chi connectivity index (χ1) is 12.6. The van der Waals surface area contributed by atoms with E-state index in [2.05, 4.69) is 0 Å². The summed E-state index contributed by atoms with van der Waals surface area (Å²) in [7, 11) is 1.60. The molecule has 0 radical (unpaired) electrons. The Kier molecular flexibility index (Phi) is 4.23. The summed E-state index contributed by atoms with van der Waals surface area (Å²) in [6.07, 6.45) is 5.25. The summed E-state index contributed by atoms with van der Waals surface area (Å²) in [5, 5.41) is 0. The molecule has 4 rings (SSSR count). The summed E-state index contributed by atoms with van der Waals surface area (Å²) < 4.78 is 16.7. The van der Waals surface area contributed by atoms with Gasteiger partial charge in [-0.05, 0) is 30.7 Å². The van der Waals surface area contributed by atoms with Crippen LogP contribution in [-0.4, -0.2) is 43.8 Å².